The van der Waals surface area contributed by atoms with Gasteiger partial charge in [0, 0.05) is 49.6 Å². The molecule has 0 saturated carbocycles. The van der Waals surface area contributed by atoms with Crippen LogP contribution in [-0.2, 0) is 22.7 Å². The van der Waals surface area contributed by atoms with Gasteiger partial charge in [-0.1, -0.05) is 12.1 Å². The summed E-state index contributed by atoms with van der Waals surface area (Å²) in [6, 6.07) is 6.93. The number of fused-ring (bicyclic) bond motifs is 2. The average molecular weight is 391 g/mol. The molecule has 0 bridgehead atoms. The van der Waals surface area contributed by atoms with Gasteiger partial charge in [-0.05, 0) is 37.1 Å². The van der Waals surface area contributed by atoms with Crippen LogP contribution >= 0.6 is 0 Å². The van der Waals surface area contributed by atoms with Crippen molar-refractivity contribution in [3.05, 3.63) is 54.1 Å². The van der Waals surface area contributed by atoms with Crippen LogP contribution in [0, 0.1) is 5.92 Å². The Morgan fingerprint density at radius 2 is 2.24 bits per heavy atom. The number of hydrogen-bond acceptors (Lipinski definition) is 5. The number of likely N-dealkylation sites (tertiary alicyclic amines) is 1. The molecule has 2 aliphatic rings. The lowest BCUT2D eigenvalue weighted by Gasteiger charge is -2.45. The van der Waals surface area contributed by atoms with Crippen LogP contribution in [0.3, 0.4) is 0 Å². The SMILES string of the molecule is COCn1cc2c3c(cccc31)C1C[C@@H](C(=O)Nc3cnccn3)CN(C)[C@@H]1C2. The Labute approximate surface area is 169 Å². The first kappa shape index (κ1) is 18.3. The number of amides is 1. The van der Waals surface area contributed by atoms with Gasteiger partial charge in [0.2, 0.25) is 5.91 Å². The topological polar surface area (TPSA) is 72.3 Å². The zero-order valence-corrected chi connectivity index (χ0v) is 16.7. The van der Waals surface area contributed by atoms with Gasteiger partial charge in [-0.2, -0.15) is 0 Å². The van der Waals surface area contributed by atoms with Crippen LogP contribution in [0.2, 0.25) is 0 Å². The summed E-state index contributed by atoms with van der Waals surface area (Å²) in [4.78, 5) is 23.5. The molecular formula is C22H25N5O2. The number of piperidine rings is 1. The quantitative estimate of drug-likeness (QED) is 0.740. The van der Waals surface area contributed by atoms with E-state index in [0.717, 1.165) is 19.4 Å². The first-order chi connectivity index (χ1) is 14.2. The standard InChI is InChI=1S/C22H25N5O2/c1-26-11-15(22(28)25-20-10-23-6-7-24-20)8-17-16-4-3-5-18-21(16)14(9-19(17)26)12-27(18)13-29-2/h3-7,10,12,15,17,19H,8-9,11,13H2,1-2H3,(H,24,25,28)/t15-,17?,19-/m1/s1. The number of nitrogens with zero attached hydrogens (tertiary/aromatic N) is 4. The van der Waals surface area contributed by atoms with Crippen LogP contribution in [0.1, 0.15) is 23.5 Å². The van der Waals surface area contributed by atoms with Gasteiger partial charge >= 0.3 is 0 Å². The highest BCUT2D eigenvalue weighted by atomic mass is 16.5. The largest absolute Gasteiger partial charge is 0.364 e. The highest BCUT2D eigenvalue weighted by molar-refractivity contribution is 5.92. The van der Waals surface area contributed by atoms with Crippen LogP contribution in [0.25, 0.3) is 10.9 Å². The first-order valence-electron chi connectivity index (χ1n) is 10.0. The van der Waals surface area contributed by atoms with Gasteiger partial charge in [-0.3, -0.25) is 9.78 Å². The van der Waals surface area contributed by atoms with E-state index < -0.39 is 0 Å². The van der Waals surface area contributed by atoms with E-state index in [-0.39, 0.29) is 11.8 Å². The van der Waals surface area contributed by atoms with Gasteiger partial charge in [0.1, 0.15) is 6.73 Å². The molecule has 7 nitrogen and oxygen atoms in total. The van der Waals surface area contributed by atoms with E-state index in [4.69, 9.17) is 4.74 Å². The number of nitrogens with one attached hydrogen (secondary N) is 1. The maximum absolute atomic E-state index is 12.9. The highest BCUT2D eigenvalue weighted by Gasteiger charge is 2.41. The zero-order chi connectivity index (χ0) is 20.0. The molecule has 0 radical (unpaired) electrons. The van der Waals surface area contributed by atoms with Crippen LogP contribution in [-0.4, -0.2) is 52.1 Å². The Bertz CT molecular complexity index is 1050. The van der Waals surface area contributed by atoms with Gasteiger partial charge in [0.25, 0.3) is 0 Å². The number of ether oxygens (including phenoxy) is 1. The van der Waals surface area contributed by atoms with Gasteiger partial charge in [0.15, 0.2) is 5.82 Å². The van der Waals surface area contributed by atoms with E-state index >= 15 is 0 Å². The predicted molar refractivity (Wildman–Crippen MR) is 111 cm³/mol. The number of rotatable bonds is 4. The molecular weight excluding hydrogens is 366 g/mol. The first-order valence-corrected chi connectivity index (χ1v) is 10.0. The lowest BCUT2D eigenvalue weighted by atomic mass is 9.72. The molecule has 3 atom stereocenters. The van der Waals surface area contributed by atoms with Crippen molar-refractivity contribution in [2.24, 2.45) is 5.92 Å². The van der Waals surface area contributed by atoms with E-state index in [1.165, 1.54) is 22.0 Å². The zero-order valence-electron chi connectivity index (χ0n) is 16.7. The Morgan fingerprint density at radius 1 is 1.34 bits per heavy atom. The van der Waals surface area contributed by atoms with Crippen LogP contribution in [0.5, 0.6) is 0 Å². The second-order valence-electron chi connectivity index (χ2n) is 8.11. The van der Waals surface area contributed by atoms with Crippen molar-refractivity contribution in [3.63, 3.8) is 0 Å². The molecule has 7 heteroatoms. The number of carbonyl (C=O) groups excluding carboxylic acids is 1. The molecule has 150 valence electrons. The van der Waals surface area contributed by atoms with Crippen molar-refractivity contribution >= 4 is 22.6 Å². The second kappa shape index (κ2) is 7.24. The second-order valence-corrected chi connectivity index (χ2v) is 8.11. The molecule has 1 aliphatic carbocycles. The van der Waals surface area contributed by atoms with Crippen molar-refractivity contribution in [1.82, 2.24) is 19.4 Å². The molecule has 1 N–H and O–H groups in total. The average Bonchev–Trinajstić information content (AvgIpc) is 3.08. The van der Waals surface area contributed by atoms with Crippen LogP contribution in [0.15, 0.2) is 43.0 Å². The third-order valence-electron chi connectivity index (χ3n) is 6.38. The Kier molecular flexibility index (Phi) is 4.56. The minimum Gasteiger partial charge on any atom is -0.364 e. The summed E-state index contributed by atoms with van der Waals surface area (Å²) in [5.74, 6) is 0.778. The monoisotopic (exact) mass is 391 g/mol. The highest BCUT2D eigenvalue weighted by Crippen LogP contribution is 2.45. The molecule has 1 fully saturated rings. The fraction of sp³-hybridized carbons (Fsp3) is 0.409. The fourth-order valence-electron chi connectivity index (χ4n) is 5.15. The Morgan fingerprint density at radius 3 is 3.03 bits per heavy atom. The van der Waals surface area contributed by atoms with Crippen molar-refractivity contribution in [2.45, 2.75) is 31.5 Å². The molecule has 0 spiro atoms. The summed E-state index contributed by atoms with van der Waals surface area (Å²) in [6.45, 7) is 1.30. The lowest BCUT2D eigenvalue weighted by molar-refractivity contribution is -0.122. The Hall–Kier alpha value is -2.77. The molecule has 1 unspecified atom stereocenters. The van der Waals surface area contributed by atoms with Crippen molar-refractivity contribution < 1.29 is 9.53 Å². The summed E-state index contributed by atoms with van der Waals surface area (Å²) in [5, 5.41) is 4.27. The number of likely N-dealkylation sites (N-methyl/N-ethyl adjacent to an activating group) is 1. The number of methoxy groups -OCH3 is 1. The molecule has 1 aromatic carbocycles. The third-order valence-corrected chi connectivity index (χ3v) is 6.38. The summed E-state index contributed by atoms with van der Waals surface area (Å²) in [5.41, 5.74) is 3.95. The number of carbonyl (C=O) groups is 1. The molecule has 3 heterocycles. The molecule has 29 heavy (non-hydrogen) atoms. The van der Waals surface area contributed by atoms with Crippen molar-refractivity contribution in [2.75, 3.05) is 26.0 Å². The van der Waals surface area contributed by atoms with Gasteiger partial charge in [-0.25, -0.2) is 4.98 Å². The number of benzene rings is 1. The lowest BCUT2D eigenvalue weighted by Crippen LogP contribution is -2.50. The molecule has 1 saturated heterocycles. The van der Waals surface area contributed by atoms with Crippen molar-refractivity contribution in [1.29, 1.82) is 0 Å². The summed E-state index contributed by atoms with van der Waals surface area (Å²) >= 11 is 0. The van der Waals surface area contributed by atoms with Crippen LogP contribution < -0.4 is 5.32 Å². The van der Waals surface area contributed by atoms with Gasteiger partial charge in [0.05, 0.1) is 17.6 Å². The fourth-order valence-corrected chi connectivity index (χ4v) is 5.15. The van der Waals surface area contributed by atoms with E-state index in [9.17, 15) is 4.79 Å². The van der Waals surface area contributed by atoms with E-state index in [2.05, 4.69) is 56.2 Å². The van der Waals surface area contributed by atoms with Crippen molar-refractivity contribution in [3.8, 4) is 0 Å². The molecule has 5 rings (SSSR count). The minimum absolute atomic E-state index is 0.0192. The van der Waals surface area contributed by atoms with Gasteiger partial charge < -0.3 is 19.5 Å². The maximum atomic E-state index is 12.9. The predicted octanol–water partition coefficient (Wildman–Crippen LogP) is 2.63. The normalized spacial score (nSPS) is 23.7. The summed E-state index contributed by atoms with van der Waals surface area (Å²) < 4.78 is 7.57. The summed E-state index contributed by atoms with van der Waals surface area (Å²) in [7, 11) is 3.86. The molecule has 1 aliphatic heterocycles. The number of aromatic nitrogens is 3. The smallest absolute Gasteiger partial charge is 0.229 e. The van der Waals surface area contributed by atoms with Crippen LogP contribution in [0.4, 0.5) is 5.82 Å². The number of anilines is 1. The Balaban J connectivity index is 1.46. The van der Waals surface area contributed by atoms with E-state index in [1.807, 2.05) is 0 Å². The summed E-state index contributed by atoms with van der Waals surface area (Å²) in [6.07, 6.45) is 8.85. The minimum atomic E-state index is -0.0823. The van der Waals surface area contributed by atoms with E-state index in [0.29, 0.717) is 24.5 Å². The molecule has 1 amide bonds. The third kappa shape index (κ3) is 3.10. The van der Waals surface area contributed by atoms with Gasteiger partial charge in [-0.15, -0.1) is 0 Å². The molecule has 2 aromatic heterocycles. The maximum Gasteiger partial charge on any atom is 0.229 e. The van der Waals surface area contributed by atoms with E-state index in [1.54, 1.807) is 25.7 Å². The molecule has 3 aromatic rings. The number of hydrogen-bond donors (Lipinski definition) is 1.